The van der Waals surface area contributed by atoms with Gasteiger partial charge in [-0.2, -0.15) is 0 Å². The van der Waals surface area contributed by atoms with E-state index in [1.807, 2.05) is 0 Å². The molecule has 19 heavy (non-hydrogen) atoms. The van der Waals surface area contributed by atoms with Crippen molar-refractivity contribution in [3.63, 3.8) is 0 Å². The van der Waals surface area contributed by atoms with Gasteiger partial charge in [-0.3, -0.25) is 14.9 Å². The van der Waals surface area contributed by atoms with Crippen LogP contribution in [0, 0.1) is 10.1 Å². The fourth-order valence-electron chi connectivity index (χ4n) is 1.89. The van der Waals surface area contributed by atoms with E-state index in [9.17, 15) is 14.9 Å². The molecule has 7 nitrogen and oxygen atoms in total. The Labute approximate surface area is 114 Å². The molecule has 0 saturated carbocycles. The molecule has 0 radical (unpaired) electrons. The van der Waals surface area contributed by atoms with E-state index in [4.69, 9.17) is 16.3 Å². The van der Waals surface area contributed by atoms with Crippen molar-refractivity contribution < 1.29 is 14.5 Å². The van der Waals surface area contributed by atoms with Crippen molar-refractivity contribution in [2.75, 3.05) is 26.3 Å². The summed E-state index contributed by atoms with van der Waals surface area (Å²) in [6.07, 6.45) is 2.00. The number of hydrogen-bond donors (Lipinski definition) is 0. The molecule has 0 N–H and O–H groups in total. The van der Waals surface area contributed by atoms with Crippen LogP contribution in [-0.2, 0) is 4.74 Å². The van der Waals surface area contributed by atoms with Crippen molar-refractivity contribution in [1.82, 2.24) is 9.88 Å². The first-order chi connectivity index (χ1) is 9.11. The molecule has 102 valence electrons. The summed E-state index contributed by atoms with van der Waals surface area (Å²) in [7, 11) is 0. The predicted molar refractivity (Wildman–Crippen MR) is 67.2 cm³/mol. The fourth-order valence-corrected chi connectivity index (χ4v) is 2.12. The maximum absolute atomic E-state index is 12.3. The molecule has 1 aliphatic rings. The Morgan fingerprint density at radius 1 is 1.47 bits per heavy atom. The first-order valence-corrected chi connectivity index (χ1v) is 6.15. The van der Waals surface area contributed by atoms with Gasteiger partial charge in [0.05, 0.1) is 11.5 Å². The van der Waals surface area contributed by atoms with Crippen LogP contribution in [0.15, 0.2) is 12.3 Å². The second-order valence-electron chi connectivity index (χ2n) is 4.01. The Morgan fingerprint density at radius 3 is 3.00 bits per heavy atom. The van der Waals surface area contributed by atoms with Gasteiger partial charge in [0.1, 0.15) is 5.56 Å². The van der Waals surface area contributed by atoms with Gasteiger partial charge in [-0.05, 0) is 12.5 Å². The van der Waals surface area contributed by atoms with Gasteiger partial charge in [0, 0.05) is 25.9 Å². The normalized spacial score (nSPS) is 15.9. The van der Waals surface area contributed by atoms with E-state index < -0.39 is 16.5 Å². The topological polar surface area (TPSA) is 85.6 Å². The molecule has 0 aromatic carbocycles. The molecule has 2 heterocycles. The zero-order valence-corrected chi connectivity index (χ0v) is 10.8. The molecule has 1 aromatic heterocycles. The molecule has 0 aliphatic carbocycles. The highest BCUT2D eigenvalue weighted by atomic mass is 35.5. The van der Waals surface area contributed by atoms with Gasteiger partial charge in [0.15, 0.2) is 0 Å². The van der Waals surface area contributed by atoms with Gasteiger partial charge in [-0.1, -0.05) is 11.6 Å². The Hall–Kier alpha value is -1.73. The molecule has 0 spiro atoms. The van der Waals surface area contributed by atoms with Crippen molar-refractivity contribution in [3.8, 4) is 0 Å². The monoisotopic (exact) mass is 285 g/mol. The van der Waals surface area contributed by atoms with Crippen molar-refractivity contribution in [2.24, 2.45) is 0 Å². The number of nitro groups is 1. The van der Waals surface area contributed by atoms with E-state index >= 15 is 0 Å². The molecule has 8 heteroatoms. The van der Waals surface area contributed by atoms with Gasteiger partial charge in [-0.25, -0.2) is 4.98 Å². The number of ether oxygens (including phenoxy) is 1. The molecule has 1 aromatic rings. The smallest absolute Gasteiger partial charge is 0.319 e. The zero-order valence-electron chi connectivity index (χ0n) is 10.0. The quantitative estimate of drug-likeness (QED) is 0.467. The number of pyridine rings is 1. The average molecular weight is 286 g/mol. The maximum atomic E-state index is 12.3. The lowest BCUT2D eigenvalue weighted by molar-refractivity contribution is -0.385. The van der Waals surface area contributed by atoms with Crippen LogP contribution in [0.3, 0.4) is 0 Å². The highest BCUT2D eigenvalue weighted by Gasteiger charge is 2.28. The van der Waals surface area contributed by atoms with Crippen LogP contribution in [-0.4, -0.2) is 47.0 Å². The van der Waals surface area contributed by atoms with Crippen molar-refractivity contribution in [1.29, 1.82) is 0 Å². The number of carbonyl (C=O) groups excluding carboxylic acids is 1. The van der Waals surface area contributed by atoms with E-state index in [1.165, 1.54) is 17.2 Å². The Bertz CT molecular complexity index is 501. The van der Waals surface area contributed by atoms with Gasteiger partial charge in [-0.15, -0.1) is 0 Å². The number of amides is 1. The van der Waals surface area contributed by atoms with Gasteiger partial charge in [0.2, 0.25) is 5.15 Å². The summed E-state index contributed by atoms with van der Waals surface area (Å²) in [5.74, 6) is -0.415. The summed E-state index contributed by atoms with van der Waals surface area (Å²) in [6, 6.07) is 1.32. The highest BCUT2D eigenvalue weighted by Crippen LogP contribution is 2.27. The molecule has 2 rings (SSSR count). The third-order valence-electron chi connectivity index (χ3n) is 2.80. The summed E-state index contributed by atoms with van der Waals surface area (Å²) in [5.41, 5.74) is -0.480. The van der Waals surface area contributed by atoms with Crippen LogP contribution < -0.4 is 0 Å². The summed E-state index contributed by atoms with van der Waals surface area (Å²) in [6.45, 7) is 1.94. The fraction of sp³-hybridized carbons (Fsp3) is 0.455. The molecule has 1 fully saturated rings. The predicted octanol–water partition coefficient (Wildman–Crippen LogP) is 1.51. The van der Waals surface area contributed by atoms with Crippen LogP contribution in [0.4, 0.5) is 5.69 Å². The van der Waals surface area contributed by atoms with E-state index in [0.717, 1.165) is 0 Å². The molecule has 1 amide bonds. The Kier molecular flexibility index (Phi) is 4.28. The van der Waals surface area contributed by atoms with Crippen LogP contribution in [0.5, 0.6) is 0 Å². The second kappa shape index (κ2) is 5.94. The van der Waals surface area contributed by atoms with Crippen molar-refractivity contribution in [2.45, 2.75) is 6.42 Å². The number of hydrogen-bond acceptors (Lipinski definition) is 5. The number of nitrogens with zero attached hydrogens (tertiary/aromatic N) is 3. The van der Waals surface area contributed by atoms with Gasteiger partial charge >= 0.3 is 5.69 Å². The maximum Gasteiger partial charge on any atom is 0.319 e. The summed E-state index contributed by atoms with van der Waals surface area (Å²) >= 11 is 5.69. The minimum absolute atomic E-state index is 0.0353. The zero-order chi connectivity index (χ0) is 13.8. The summed E-state index contributed by atoms with van der Waals surface area (Å²) in [4.78, 5) is 27.8. The average Bonchev–Trinajstić information content (AvgIpc) is 2.66. The highest BCUT2D eigenvalue weighted by molar-refractivity contribution is 6.32. The number of aromatic nitrogens is 1. The van der Waals surface area contributed by atoms with E-state index in [0.29, 0.717) is 32.7 Å². The molecule has 0 atom stereocenters. The largest absolute Gasteiger partial charge is 0.380 e. The molecule has 0 bridgehead atoms. The molecule has 1 aliphatic heterocycles. The van der Waals surface area contributed by atoms with Crippen LogP contribution in [0.25, 0.3) is 0 Å². The van der Waals surface area contributed by atoms with Crippen LogP contribution >= 0.6 is 11.6 Å². The Morgan fingerprint density at radius 2 is 2.26 bits per heavy atom. The van der Waals surface area contributed by atoms with E-state index in [1.54, 1.807) is 0 Å². The molecule has 1 saturated heterocycles. The second-order valence-corrected chi connectivity index (χ2v) is 4.37. The lowest BCUT2D eigenvalue weighted by atomic mass is 10.2. The number of rotatable bonds is 2. The number of carbonyl (C=O) groups is 1. The van der Waals surface area contributed by atoms with E-state index in [2.05, 4.69) is 4.98 Å². The van der Waals surface area contributed by atoms with Gasteiger partial charge < -0.3 is 9.64 Å². The summed E-state index contributed by atoms with van der Waals surface area (Å²) < 4.78 is 5.25. The standard InChI is InChI=1S/C11H12ClN3O4/c12-10-9(15(17)18)8(2-3-13-10)11(16)14-4-1-6-19-7-5-14/h2-3H,1,4-7H2. The SMILES string of the molecule is O=C(c1ccnc(Cl)c1[N+](=O)[O-])N1CCCOCC1. The lowest BCUT2D eigenvalue weighted by Gasteiger charge is -2.19. The van der Waals surface area contributed by atoms with Crippen molar-refractivity contribution in [3.05, 3.63) is 33.1 Å². The molecule has 0 unspecified atom stereocenters. The Balaban J connectivity index is 2.32. The van der Waals surface area contributed by atoms with Crippen molar-refractivity contribution >= 4 is 23.2 Å². The first-order valence-electron chi connectivity index (χ1n) is 5.77. The third kappa shape index (κ3) is 2.99. The first kappa shape index (κ1) is 13.7. The van der Waals surface area contributed by atoms with Gasteiger partial charge in [0.25, 0.3) is 5.91 Å². The third-order valence-corrected chi connectivity index (χ3v) is 3.08. The number of halogens is 1. The minimum atomic E-state index is -0.684. The van der Waals surface area contributed by atoms with Crippen LogP contribution in [0.1, 0.15) is 16.8 Å². The molecular formula is C11H12ClN3O4. The minimum Gasteiger partial charge on any atom is -0.380 e. The molecular weight excluding hydrogens is 274 g/mol. The summed E-state index contributed by atoms with van der Waals surface area (Å²) in [5, 5.41) is 10.7. The lowest BCUT2D eigenvalue weighted by Crippen LogP contribution is -2.33. The van der Waals surface area contributed by atoms with E-state index in [-0.39, 0.29) is 10.7 Å². The van der Waals surface area contributed by atoms with Crippen LogP contribution in [0.2, 0.25) is 5.15 Å².